The van der Waals surface area contributed by atoms with E-state index in [-0.39, 0.29) is 25.2 Å². The average molecular weight is 592 g/mol. The number of carbonyl (C=O) groups excluding carboxylic acids is 1. The highest BCUT2D eigenvalue weighted by Crippen LogP contribution is 2.33. The lowest BCUT2D eigenvalue weighted by molar-refractivity contribution is -0.134. The minimum atomic E-state index is -0.977. The molecule has 3 heterocycles. The van der Waals surface area contributed by atoms with Gasteiger partial charge in [0.25, 0.3) is 0 Å². The van der Waals surface area contributed by atoms with Crippen molar-refractivity contribution in [3.63, 3.8) is 0 Å². The molecule has 1 atom stereocenters. The van der Waals surface area contributed by atoms with Crippen molar-refractivity contribution in [1.82, 2.24) is 14.9 Å². The van der Waals surface area contributed by atoms with Gasteiger partial charge in [-0.05, 0) is 69.4 Å². The second-order valence-corrected chi connectivity index (χ2v) is 11.4. The van der Waals surface area contributed by atoms with Gasteiger partial charge in [0.1, 0.15) is 25.4 Å². The molecule has 1 aliphatic heterocycles. The number of rotatable bonds is 9. The molecule has 0 saturated heterocycles. The third-order valence-electron chi connectivity index (χ3n) is 7.07. The number of aromatic nitrogens is 2. The van der Waals surface area contributed by atoms with Crippen LogP contribution in [0.3, 0.4) is 0 Å². The van der Waals surface area contributed by atoms with Gasteiger partial charge in [0.2, 0.25) is 5.88 Å². The lowest BCUT2D eigenvalue weighted by Crippen LogP contribution is -2.45. The van der Waals surface area contributed by atoms with E-state index in [0.29, 0.717) is 54.2 Å². The highest BCUT2D eigenvalue weighted by Gasteiger charge is 2.32. The fourth-order valence-corrected chi connectivity index (χ4v) is 5.09. The van der Waals surface area contributed by atoms with Gasteiger partial charge in [-0.25, -0.2) is 4.79 Å². The van der Waals surface area contributed by atoms with Crippen LogP contribution in [-0.4, -0.2) is 70.5 Å². The number of nitrogens with zero attached hydrogens (tertiary/aromatic N) is 3. The van der Waals surface area contributed by atoms with Gasteiger partial charge in [0.15, 0.2) is 17.3 Å². The van der Waals surface area contributed by atoms with Gasteiger partial charge in [0, 0.05) is 23.9 Å². The number of carbonyl (C=O) groups is 2. The SMILES string of the molecule is COc1ccc(NCC(=O)O)c(Nc2ccc3c(c2)CCC(N(Cc2cc4c(cn2)OCCO4)C(=O)OC(C)(C)C)C3)n1. The first kappa shape index (κ1) is 29.7. The molecule has 1 amide bonds. The molecule has 5 rings (SSSR count). The number of pyridine rings is 2. The number of ether oxygens (including phenoxy) is 4. The van der Waals surface area contributed by atoms with Crippen molar-refractivity contribution in [3.05, 3.63) is 59.4 Å². The summed E-state index contributed by atoms with van der Waals surface area (Å²) in [4.78, 5) is 35.3. The van der Waals surface area contributed by atoms with Crippen molar-refractivity contribution >= 4 is 29.3 Å². The van der Waals surface area contributed by atoms with Crippen LogP contribution < -0.4 is 24.8 Å². The molecule has 1 aliphatic carbocycles. The Bertz CT molecular complexity index is 1490. The smallest absolute Gasteiger partial charge is 0.410 e. The second-order valence-electron chi connectivity index (χ2n) is 11.4. The summed E-state index contributed by atoms with van der Waals surface area (Å²) < 4.78 is 22.4. The number of aryl methyl sites for hydroxylation is 1. The molecule has 2 aromatic heterocycles. The highest BCUT2D eigenvalue weighted by atomic mass is 16.6. The summed E-state index contributed by atoms with van der Waals surface area (Å²) in [5.74, 6) is 1.11. The van der Waals surface area contributed by atoms with E-state index in [9.17, 15) is 9.59 Å². The van der Waals surface area contributed by atoms with Crippen LogP contribution in [0.5, 0.6) is 17.4 Å². The molecule has 3 N–H and O–H groups in total. The van der Waals surface area contributed by atoms with Gasteiger partial charge in [0.05, 0.1) is 31.2 Å². The van der Waals surface area contributed by atoms with Crippen LogP contribution in [0.1, 0.15) is 44.0 Å². The molecule has 0 fully saturated rings. The Kier molecular flexibility index (Phi) is 8.74. The van der Waals surface area contributed by atoms with Crippen LogP contribution in [0.15, 0.2) is 42.6 Å². The van der Waals surface area contributed by atoms with Crippen molar-refractivity contribution in [2.45, 2.75) is 58.2 Å². The molecule has 3 aromatic rings. The first-order valence-electron chi connectivity index (χ1n) is 14.2. The molecule has 0 saturated carbocycles. The minimum Gasteiger partial charge on any atom is -0.486 e. The number of anilines is 3. The average Bonchev–Trinajstić information content (AvgIpc) is 2.98. The van der Waals surface area contributed by atoms with Crippen molar-refractivity contribution < 1.29 is 33.6 Å². The normalized spacial score (nSPS) is 15.6. The van der Waals surface area contributed by atoms with Crippen molar-refractivity contribution in [1.29, 1.82) is 0 Å². The molecule has 12 nitrogen and oxygen atoms in total. The van der Waals surface area contributed by atoms with E-state index in [4.69, 9.17) is 24.1 Å². The van der Waals surface area contributed by atoms with Crippen LogP contribution >= 0.6 is 0 Å². The number of nitrogens with one attached hydrogen (secondary N) is 2. The summed E-state index contributed by atoms with van der Waals surface area (Å²) >= 11 is 0. The van der Waals surface area contributed by atoms with Crippen molar-refractivity contribution in [3.8, 4) is 17.4 Å². The molecule has 43 heavy (non-hydrogen) atoms. The maximum Gasteiger partial charge on any atom is 0.410 e. The molecule has 0 bridgehead atoms. The summed E-state index contributed by atoms with van der Waals surface area (Å²) in [5, 5.41) is 15.3. The number of aliphatic carboxylic acids is 1. The topological polar surface area (TPSA) is 144 Å². The Labute approximate surface area is 250 Å². The van der Waals surface area contributed by atoms with Crippen LogP contribution in [0.25, 0.3) is 0 Å². The van der Waals surface area contributed by atoms with E-state index in [1.165, 1.54) is 7.11 Å². The standard InChI is InChI=1S/C31H37N5O7/c1-31(2,3)43-30(39)36(18-22-15-25-26(16-32-22)42-12-11-41-25)23-8-6-19-13-21(7-5-20(19)14-23)34-29-24(33-17-28(37)38)9-10-27(35-29)40-4/h5,7,9-10,13,15-16,23,33H,6,8,11-12,14,17-18H2,1-4H3,(H,34,35)(H,37,38). The summed E-state index contributed by atoms with van der Waals surface area (Å²) in [6.07, 6.45) is 3.40. The largest absolute Gasteiger partial charge is 0.486 e. The van der Waals surface area contributed by atoms with Crippen LogP contribution in [-0.2, 0) is 28.9 Å². The maximum atomic E-state index is 13.5. The molecular weight excluding hydrogens is 554 g/mol. The number of hydrogen-bond donors (Lipinski definition) is 3. The predicted octanol–water partition coefficient (Wildman–Crippen LogP) is 4.79. The van der Waals surface area contributed by atoms with Gasteiger partial charge in [-0.1, -0.05) is 6.07 Å². The third kappa shape index (κ3) is 7.56. The molecule has 1 aromatic carbocycles. The third-order valence-corrected chi connectivity index (χ3v) is 7.07. The Balaban J connectivity index is 1.34. The van der Waals surface area contributed by atoms with Gasteiger partial charge in [-0.2, -0.15) is 4.98 Å². The molecular formula is C31H37N5O7. The fraction of sp³-hybridized carbons (Fsp3) is 0.419. The number of benzene rings is 1. The first-order valence-corrected chi connectivity index (χ1v) is 14.2. The zero-order valence-corrected chi connectivity index (χ0v) is 24.8. The lowest BCUT2D eigenvalue weighted by Gasteiger charge is -2.36. The lowest BCUT2D eigenvalue weighted by atomic mass is 9.87. The minimum absolute atomic E-state index is 0.0944. The van der Waals surface area contributed by atoms with Crippen LogP contribution in [0.4, 0.5) is 22.0 Å². The summed E-state index contributed by atoms with van der Waals surface area (Å²) in [7, 11) is 1.52. The Hall–Kier alpha value is -4.74. The molecule has 0 spiro atoms. The van der Waals surface area contributed by atoms with E-state index in [0.717, 1.165) is 29.7 Å². The summed E-state index contributed by atoms with van der Waals surface area (Å²) in [6, 6.07) is 11.2. The Morgan fingerprint density at radius 1 is 1.09 bits per heavy atom. The molecule has 2 aliphatic rings. The number of methoxy groups -OCH3 is 1. The van der Waals surface area contributed by atoms with Crippen LogP contribution in [0.2, 0.25) is 0 Å². The number of carboxylic acids is 1. The van der Waals surface area contributed by atoms with E-state index in [2.05, 4.69) is 26.7 Å². The summed E-state index contributed by atoms with van der Waals surface area (Å²) in [5.41, 5.74) is 3.69. The molecule has 1 unspecified atom stereocenters. The molecule has 228 valence electrons. The first-order chi connectivity index (χ1) is 20.6. The van der Waals surface area contributed by atoms with E-state index >= 15 is 0 Å². The van der Waals surface area contributed by atoms with E-state index < -0.39 is 11.6 Å². The van der Waals surface area contributed by atoms with E-state index in [1.54, 1.807) is 23.2 Å². The van der Waals surface area contributed by atoms with Crippen molar-refractivity contribution in [2.24, 2.45) is 0 Å². The predicted molar refractivity (Wildman–Crippen MR) is 159 cm³/mol. The monoisotopic (exact) mass is 591 g/mol. The van der Waals surface area contributed by atoms with Gasteiger partial charge in [-0.15, -0.1) is 0 Å². The van der Waals surface area contributed by atoms with Crippen molar-refractivity contribution in [2.75, 3.05) is 37.5 Å². The maximum absolute atomic E-state index is 13.5. The van der Waals surface area contributed by atoms with Gasteiger partial charge >= 0.3 is 12.1 Å². The van der Waals surface area contributed by atoms with Gasteiger partial charge < -0.3 is 34.7 Å². The molecule has 0 radical (unpaired) electrons. The number of amides is 1. The quantitative estimate of drug-likeness (QED) is 0.316. The Morgan fingerprint density at radius 3 is 2.63 bits per heavy atom. The van der Waals surface area contributed by atoms with Gasteiger partial charge in [-0.3, -0.25) is 14.7 Å². The zero-order valence-electron chi connectivity index (χ0n) is 24.8. The second kappa shape index (κ2) is 12.6. The summed E-state index contributed by atoms with van der Waals surface area (Å²) in [6.45, 7) is 6.55. The molecule has 12 heteroatoms. The number of fused-ring (bicyclic) bond motifs is 2. The fourth-order valence-electron chi connectivity index (χ4n) is 5.09. The Morgan fingerprint density at radius 2 is 1.88 bits per heavy atom. The number of hydrogen-bond acceptors (Lipinski definition) is 10. The van der Waals surface area contributed by atoms with E-state index in [1.807, 2.05) is 39.0 Å². The van der Waals surface area contributed by atoms with Crippen LogP contribution in [0, 0.1) is 0 Å². The zero-order chi connectivity index (χ0) is 30.6. The number of carboxylic acid groups (broad SMARTS) is 1. The highest BCUT2D eigenvalue weighted by molar-refractivity contribution is 5.77.